The molecule has 0 aromatic heterocycles. The van der Waals surface area contributed by atoms with Gasteiger partial charge in [0.1, 0.15) is 24.3 Å². The first kappa shape index (κ1) is 30.0. The molecule has 0 radical (unpaired) electrons. The summed E-state index contributed by atoms with van der Waals surface area (Å²) in [7, 11) is 0. The van der Waals surface area contributed by atoms with Gasteiger partial charge in [0.05, 0.1) is 16.7 Å². The van der Waals surface area contributed by atoms with Crippen LogP contribution in [0.15, 0.2) is 120 Å². The second-order valence-corrected chi connectivity index (χ2v) is 11.1. The maximum absolute atomic E-state index is 13.2. The molecule has 43 heavy (non-hydrogen) atoms. The number of aliphatic hydroxyl groups excluding tert-OH is 1. The van der Waals surface area contributed by atoms with Gasteiger partial charge in [0, 0.05) is 4.90 Å². The number of rotatable bonds is 9. The monoisotopic (exact) mass is 598 g/mol. The van der Waals surface area contributed by atoms with Gasteiger partial charge in [-0.3, -0.25) is 0 Å². The van der Waals surface area contributed by atoms with Crippen molar-refractivity contribution in [1.82, 2.24) is 0 Å². The van der Waals surface area contributed by atoms with E-state index < -0.39 is 47.8 Å². The third-order valence-corrected chi connectivity index (χ3v) is 7.94. The van der Waals surface area contributed by atoms with Gasteiger partial charge in [0.2, 0.25) is 0 Å². The first-order valence-electron chi connectivity index (χ1n) is 13.7. The van der Waals surface area contributed by atoms with Crippen molar-refractivity contribution in [3.63, 3.8) is 0 Å². The van der Waals surface area contributed by atoms with E-state index in [0.717, 1.165) is 10.5 Å². The lowest BCUT2D eigenvalue weighted by molar-refractivity contribution is -0.206. The Hall–Kier alpha value is -4.44. The predicted molar refractivity (Wildman–Crippen MR) is 160 cm³/mol. The van der Waals surface area contributed by atoms with E-state index in [-0.39, 0.29) is 17.7 Å². The topological polar surface area (TPSA) is 108 Å². The molecule has 1 N–H and O–H groups in total. The molecule has 5 rings (SSSR count). The number of carbonyl (C=O) groups excluding carboxylic acids is 3. The molecule has 5 atom stereocenters. The molecule has 4 aromatic carbocycles. The van der Waals surface area contributed by atoms with Crippen LogP contribution in [0.3, 0.4) is 0 Å². The van der Waals surface area contributed by atoms with Crippen molar-refractivity contribution in [2.45, 2.75) is 41.7 Å². The van der Waals surface area contributed by atoms with Gasteiger partial charge >= 0.3 is 17.9 Å². The average molecular weight is 599 g/mol. The van der Waals surface area contributed by atoms with E-state index in [4.69, 9.17) is 18.9 Å². The quantitative estimate of drug-likeness (QED) is 0.198. The summed E-state index contributed by atoms with van der Waals surface area (Å²) in [6.07, 6.45) is -5.17. The summed E-state index contributed by atoms with van der Waals surface area (Å²) in [5.74, 6) is -1.99. The van der Waals surface area contributed by atoms with Crippen LogP contribution in [0.2, 0.25) is 0 Å². The van der Waals surface area contributed by atoms with Crippen molar-refractivity contribution >= 4 is 29.7 Å². The van der Waals surface area contributed by atoms with Crippen LogP contribution in [0.4, 0.5) is 0 Å². The van der Waals surface area contributed by atoms with E-state index in [2.05, 4.69) is 0 Å². The molecule has 1 saturated heterocycles. The molecule has 1 heterocycles. The molecule has 220 valence electrons. The number of hydrogen-bond donors (Lipinski definition) is 1. The molecule has 4 aromatic rings. The number of aliphatic hydroxyl groups is 1. The lowest BCUT2D eigenvalue weighted by Gasteiger charge is -2.43. The van der Waals surface area contributed by atoms with Crippen LogP contribution in [-0.2, 0) is 18.9 Å². The minimum Gasteiger partial charge on any atom is -0.459 e. The molecule has 0 aliphatic carbocycles. The number of carbonyl (C=O) groups is 3. The first-order valence-corrected chi connectivity index (χ1v) is 14.6. The van der Waals surface area contributed by atoms with Crippen molar-refractivity contribution in [1.29, 1.82) is 0 Å². The van der Waals surface area contributed by atoms with Crippen LogP contribution >= 0.6 is 11.8 Å². The average Bonchev–Trinajstić information content (AvgIpc) is 3.05. The maximum atomic E-state index is 13.2. The van der Waals surface area contributed by atoms with Crippen LogP contribution < -0.4 is 0 Å². The highest BCUT2D eigenvalue weighted by atomic mass is 32.2. The molecule has 0 saturated carbocycles. The second kappa shape index (κ2) is 14.2. The smallest absolute Gasteiger partial charge is 0.338 e. The van der Waals surface area contributed by atoms with Crippen molar-refractivity contribution in [3.05, 3.63) is 138 Å². The van der Waals surface area contributed by atoms with Gasteiger partial charge in [-0.2, -0.15) is 0 Å². The Morgan fingerprint density at radius 2 is 1.14 bits per heavy atom. The number of benzene rings is 4. The Labute approximate surface area is 253 Å². The van der Waals surface area contributed by atoms with E-state index in [9.17, 15) is 19.5 Å². The molecular weight excluding hydrogens is 568 g/mol. The fraction of sp³-hybridized carbons (Fsp3) is 0.206. The minimum atomic E-state index is -1.50. The molecule has 0 unspecified atom stereocenters. The molecule has 1 aliphatic heterocycles. The number of aryl methyl sites for hydroxylation is 1. The molecular formula is C34H30O8S. The van der Waals surface area contributed by atoms with Crippen LogP contribution in [0.25, 0.3) is 0 Å². The van der Waals surface area contributed by atoms with Crippen molar-refractivity contribution < 1.29 is 38.4 Å². The minimum absolute atomic E-state index is 0.254. The fourth-order valence-electron chi connectivity index (χ4n) is 4.48. The zero-order chi connectivity index (χ0) is 30.2. The molecule has 1 aliphatic rings. The Kier molecular flexibility index (Phi) is 9.88. The highest BCUT2D eigenvalue weighted by molar-refractivity contribution is 7.99. The summed E-state index contributed by atoms with van der Waals surface area (Å²) in [5.41, 5.74) is 0.983. The first-order chi connectivity index (χ1) is 20.9. The Bertz CT molecular complexity index is 1510. The zero-order valence-corrected chi connectivity index (χ0v) is 24.1. The van der Waals surface area contributed by atoms with Crippen molar-refractivity contribution in [3.8, 4) is 0 Å². The molecule has 9 heteroatoms. The maximum Gasteiger partial charge on any atom is 0.338 e. The highest BCUT2D eigenvalue weighted by Crippen LogP contribution is 2.37. The van der Waals surface area contributed by atoms with E-state index in [1.165, 1.54) is 11.8 Å². The summed E-state index contributed by atoms with van der Waals surface area (Å²) < 4.78 is 23.5. The third kappa shape index (κ3) is 7.70. The van der Waals surface area contributed by atoms with Crippen molar-refractivity contribution in [2.24, 2.45) is 0 Å². The predicted octanol–water partition coefficient (Wildman–Crippen LogP) is 5.48. The van der Waals surface area contributed by atoms with Crippen LogP contribution in [0.5, 0.6) is 0 Å². The molecule has 0 spiro atoms. The van der Waals surface area contributed by atoms with Crippen molar-refractivity contribution in [2.75, 3.05) is 6.61 Å². The molecule has 8 nitrogen and oxygen atoms in total. The Morgan fingerprint density at radius 1 is 0.674 bits per heavy atom. The SMILES string of the molecule is Cc1ccc(S[C@H]2O[C@H](COC(=O)c3ccccc3)[C@@H](O)[C@H](OC(=O)c3ccccc3)[C@@H]2OC(=O)c2ccccc2)cc1. The van der Waals surface area contributed by atoms with Crippen LogP contribution in [-0.4, -0.2) is 59.5 Å². The summed E-state index contributed by atoms with van der Waals surface area (Å²) in [6.45, 7) is 1.63. The Balaban J connectivity index is 1.45. The van der Waals surface area contributed by atoms with Gasteiger partial charge in [-0.05, 0) is 55.5 Å². The van der Waals surface area contributed by atoms with Crippen LogP contribution in [0.1, 0.15) is 36.6 Å². The number of ether oxygens (including phenoxy) is 4. The normalized spacial score (nSPS) is 21.4. The zero-order valence-electron chi connectivity index (χ0n) is 23.3. The second-order valence-electron chi connectivity index (χ2n) is 9.90. The molecule has 1 fully saturated rings. The van der Waals surface area contributed by atoms with E-state index >= 15 is 0 Å². The highest BCUT2D eigenvalue weighted by Gasteiger charge is 2.50. The fourth-order valence-corrected chi connectivity index (χ4v) is 5.59. The Morgan fingerprint density at radius 3 is 1.65 bits per heavy atom. The number of hydrogen-bond acceptors (Lipinski definition) is 9. The number of thioether (sulfide) groups is 1. The molecule has 0 bridgehead atoms. The van der Waals surface area contributed by atoms with Gasteiger partial charge < -0.3 is 24.1 Å². The third-order valence-electron chi connectivity index (χ3n) is 6.79. The van der Waals surface area contributed by atoms with Gasteiger partial charge in [0.15, 0.2) is 12.2 Å². The van der Waals surface area contributed by atoms with Crippen LogP contribution in [0, 0.1) is 6.92 Å². The van der Waals surface area contributed by atoms with Gasteiger partial charge in [-0.1, -0.05) is 84.1 Å². The van der Waals surface area contributed by atoms with E-state index in [1.807, 2.05) is 31.2 Å². The molecule has 0 amide bonds. The lowest BCUT2D eigenvalue weighted by atomic mass is 9.99. The van der Waals surface area contributed by atoms with E-state index in [1.54, 1.807) is 91.0 Å². The number of esters is 3. The summed E-state index contributed by atoms with van der Waals surface area (Å²) in [6, 6.07) is 32.7. The lowest BCUT2D eigenvalue weighted by Crippen LogP contribution is -2.60. The van der Waals surface area contributed by atoms with Gasteiger partial charge in [-0.15, -0.1) is 0 Å². The van der Waals surface area contributed by atoms with E-state index in [0.29, 0.717) is 5.56 Å². The van der Waals surface area contributed by atoms with Gasteiger partial charge in [-0.25, -0.2) is 14.4 Å². The van der Waals surface area contributed by atoms with Gasteiger partial charge in [0.25, 0.3) is 0 Å². The largest absolute Gasteiger partial charge is 0.459 e. The standard InChI is InChI=1S/C34H30O8S/c1-22-17-19-26(20-18-22)43-34-30(42-33(38)25-15-9-4-10-16-25)29(41-32(37)24-13-7-3-8-14-24)28(35)27(40-34)21-39-31(36)23-11-5-2-6-12-23/h2-20,27-30,34-35H,21H2,1H3/t27-,28-,29+,30+,34-/m1/s1. The summed E-state index contributed by atoms with van der Waals surface area (Å²) in [5, 5.41) is 11.5. The summed E-state index contributed by atoms with van der Waals surface area (Å²) >= 11 is 1.24. The summed E-state index contributed by atoms with van der Waals surface area (Å²) in [4.78, 5) is 39.9.